The molecule has 3 N–H and O–H groups in total. The van der Waals surface area contributed by atoms with Crippen LogP contribution in [0.15, 0.2) is 28.4 Å². The number of nitrogens with zero attached hydrogens (tertiary/aromatic N) is 3. The molecule has 5 nitrogen and oxygen atoms in total. The number of nitrogens with two attached hydrogens (primary N) is 1. The molecule has 0 saturated heterocycles. The van der Waals surface area contributed by atoms with E-state index in [1.807, 2.05) is 13.8 Å². The van der Waals surface area contributed by atoms with Crippen molar-refractivity contribution in [2.24, 2.45) is 5.84 Å². The average molecular weight is 296 g/mol. The molecule has 0 amide bonds. The van der Waals surface area contributed by atoms with E-state index in [0.29, 0.717) is 10.8 Å². The van der Waals surface area contributed by atoms with Gasteiger partial charge in [0.25, 0.3) is 0 Å². The molecule has 0 aromatic carbocycles. The molecule has 0 fully saturated rings. The summed E-state index contributed by atoms with van der Waals surface area (Å²) >= 11 is 7.52. The molecule has 2 aromatic rings. The molecule has 0 aliphatic rings. The summed E-state index contributed by atoms with van der Waals surface area (Å²) in [5, 5.41) is 2.13. The van der Waals surface area contributed by atoms with E-state index in [4.69, 9.17) is 17.4 Å². The number of hydrazine groups is 1. The van der Waals surface area contributed by atoms with Crippen LogP contribution >= 0.6 is 23.4 Å². The molecule has 0 unspecified atom stereocenters. The number of aromatic nitrogens is 3. The SMILES string of the molecule is CCc1nc(NN)c(C)c(Sc2ncccc2Cl)n1. The third-order valence-electron chi connectivity index (χ3n) is 2.52. The highest BCUT2D eigenvalue weighted by molar-refractivity contribution is 7.99. The fraction of sp³-hybridized carbons (Fsp3) is 0.250. The van der Waals surface area contributed by atoms with Crippen molar-refractivity contribution in [1.29, 1.82) is 0 Å². The van der Waals surface area contributed by atoms with Crippen LogP contribution in [0, 0.1) is 6.92 Å². The largest absolute Gasteiger partial charge is 0.308 e. The maximum Gasteiger partial charge on any atom is 0.147 e. The molecular formula is C12H14ClN5S. The lowest BCUT2D eigenvalue weighted by atomic mass is 10.3. The Balaban J connectivity index is 2.42. The monoisotopic (exact) mass is 295 g/mol. The van der Waals surface area contributed by atoms with Crippen LogP contribution in [0.4, 0.5) is 5.82 Å². The molecule has 0 bridgehead atoms. The van der Waals surface area contributed by atoms with Gasteiger partial charge in [-0.3, -0.25) is 0 Å². The molecule has 100 valence electrons. The van der Waals surface area contributed by atoms with Crippen molar-refractivity contribution in [2.75, 3.05) is 5.43 Å². The van der Waals surface area contributed by atoms with Gasteiger partial charge >= 0.3 is 0 Å². The summed E-state index contributed by atoms with van der Waals surface area (Å²) in [4.78, 5) is 13.1. The second-order valence-corrected chi connectivity index (χ2v) is 5.19. The average Bonchev–Trinajstić information content (AvgIpc) is 2.43. The normalized spacial score (nSPS) is 10.5. The molecule has 7 heteroatoms. The Hall–Kier alpha value is -1.37. The van der Waals surface area contributed by atoms with Crippen molar-refractivity contribution in [2.45, 2.75) is 30.3 Å². The van der Waals surface area contributed by atoms with Crippen LogP contribution in [0.1, 0.15) is 18.3 Å². The maximum absolute atomic E-state index is 6.11. The summed E-state index contributed by atoms with van der Waals surface area (Å²) < 4.78 is 0. The summed E-state index contributed by atoms with van der Waals surface area (Å²) in [6.07, 6.45) is 2.44. The van der Waals surface area contributed by atoms with Crippen LogP contribution in [0.25, 0.3) is 0 Å². The van der Waals surface area contributed by atoms with Crippen molar-refractivity contribution < 1.29 is 0 Å². The van der Waals surface area contributed by atoms with Crippen molar-refractivity contribution in [3.05, 3.63) is 34.7 Å². The zero-order chi connectivity index (χ0) is 13.8. The van der Waals surface area contributed by atoms with E-state index in [2.05, 4.69) is 20.4 Å². The minimum atomic E-state index is 0.603. The van der Waals surface area contributed by atoms with Crippen LogP contribution in [0.2, 0.25) is 5.02 Å². The highest BCUT2D eigenvalue weighted by Crippen LogP contribution is 2.33. The predicted molar refractivity (Wildman–Crippen MR) is 77.3 cm³/mol. The molecule has 2 heterocycles. The number of nitrogen functional groups attached to an aromatic ring is 1. The number of pyridine rings is 1. The van der Waals surface area contributed by atoms with Gasteiger partial charge in [0.2, 0.25) is 0 Å². The first-order valence-corrected chi connectivity index (χ1v) is 6.97. The van der Waals surface area contributed by atoms with E-state index in [0.717, 1.165) is 27.9 Å². The summed E-state index contributed by atoms with van der Waals surface area (Å²) in [7, 11) is 0. The zero-order valence-corrected chi connectivity index (χ0v) is 12.2. The Labute approximate surface area is 121 Å². The smallest absolute Gasteiger partial charge is 0.147 e. The van der Waals surface area contributed by atoms with Crippen molar-refractivity contribution in [3.8, 4) is 0 Å². The number of halogens is 1. The molecule has 0 aliphatic carbocycles. The van der Waals surface area contributed by atoms with E-state index >= 15 is 0 Å². The van der Waals surface area contributed by atoms with E-state index in [1.54, 1.807) is 18.3 Å². The Morgan fingerprint density at radius 2 is 2.16 bits per heavy atom. The predicted octanol–water partition coefficient (Wildman–Crippen LogP) is 2.83. The van der Waals surface area contributed by atoms with Gasteiger partial charge in [-0.1, -0.05) is 18.5 Å². The van der Waals surface area contributed by atoms with Crippen LogP contribution in [-0.4, -0.2) is 15.0 Å². The van der Waals surface area contributed by atoms with Gasteiger partial charge in [-0.05, 0) is 30.8 Å². The van der Waals surface area contributed by atoms with Gasteiger partial charge in [-0.15, -0.1) is 0 Å². The molecule has 0 aliphatic heterocycles. The van der Waals surface area contributed by atoms with Gasteiger partial charge in [-0.25, -0.2) is 20.8 Å². The van der Waals surface area contributed by atoms with E-state index in [9.17, 15) is 0 Å². The van der Waals surface area contributed by atoms with Crippen LogP contribution < -0.4 is 11.3 Å². The summed E-state index contributed by atoms with van der Waals surface area (Å²) in [5.74, 6) is 6.83. The van der Waals surface area contributed by atoms with Crippen LogP contribution in [0.5, 0.6) is 0 Å². The summed E-state index contributed by atoms with van der Waals surface area (Å²) in [5.41, 5.74) is 3.47. The number of hydrogen-bond acceptors (Lipinski definition) is 6. The number of nitrogens with one attached hydrogen (secondary N) is 1. The van der Waals surface area contributed by atoms with Gasteiger partial charge in [-0.2, -0.15) is 0 Å². The van der Waals surface area contributed by atoms with Crippen LogP contribution in [-0.2, 0) is 6.42 Å². The Morgan fingerprint density at radius 3 is 2.79 bits per heavy atom. The third kappa shape index (κ3) is 3.15. The van der Waals surface area contributed by atoms with Gasteiger partial charge in [0, 0.05) is 18.2 Å². The quantitative estimate of drug-likeness (QED) is 0.513. The number of hydrogen-bond donors (Lipinski definition) is 2. The lowest BCUT2D eigenvalue weighted by Gasteiger charge is -2.11. The molecule has 0 atom stereocenters. The minimum Gasteiger partial charge on any atom is -0.308 e. The maximum atomic E-state index is 6.11. The molecule has 0 spiro atoms. The first kappa shape index (κ1) is 14.0. The molecular weight excluding hydrogens is 282 g/mol. The van der Waals surface area contributed by atoms with E-state index in [-0.39, 0.29) is 0 Å². The van der Waals surface area contributed by atoms with Crippen molar-refractivity contribution in [3.63, 3.8) is 0 Å². The van der Waals surface area contributed by atoms with Gasteiger partial charge in [0.15, 0.2) is 0 Å². The van der Waals surface area contributed by atoms with Gasteiger partial charge in [0.05, 0.1) is 5.02 Å². The molecule has 0 saturated carbocycles. The summed E-state index contributed by atoms with van der Waals surface area (Å²) in [6, 6.07) is 3.60. The van der Waals surface area contributed by atoms with Crippen molar-refractivity contribution in [1.82, 2.24) is 15.0 Å². The fourth-order valence-corrected chi connectivity index (χ4v) is 2.58. The number of anilines is 1. The van der Waals surface area contributed by atoms with E-state index in [1.165, 1.54) is 11.8 Å². The van der Waals surface area contributed by atoms with Gasteiger partial charge < -0.3 is 5.43 Å². The fourth-order valence-electron chi connectivity index (χ4n) is 1.48. The highest BCUT2D eigenvalue weighted by atomic mass is 35.5. The molecule has 2 rings (SSSR count). The Kier molecular flexibility index (Phi) is 4.57. The molecule has 0 radical (unpaired) electrons. The third-order valence-corrected chi connectivity index (χ3v) is 4.05. The highest BCUT2D eigenvalue weighted by Gasteiger charge is 2.13. The first-order valence-electron chi connectivity index (χ1n) is 5.78. The lowest BCUT2D eigenvalue weighted by molar-refractivity contribution is 0.870. The van der Waals surface area contributed by atoms with E-state index < -0.39 is 0 Å². The standard InChI is InChI=1S/C12H14ClN5S/c1-3-9-16-10(18-14)7(2)11(17-9)19-12-8(13)5-4-6-15-12/h4-6H,3,14H2,1-2H3,(H,16,17,18). The second-order valence-electron chi connectivity index (χ2n) is 3.81. The Morgan fingerprint density at radius 1 is 1.37 bits per heavy atom. The zero-order valence-electron chi connectivity index (χ0n) is 10.6. The number of rotatable bonds is 4. The van der Waals surface area contributed by atoms with Crippen molar-refractivity contribution >= 4 is 29.2 Å². The summed E-state index contributed by atoms with van der Waals surface area (Å²) in [6.45, 7) is 3.90. The first-order chi connectivity index (χ1) is 9.15. The topological polar surface area (TPSA) is 76.7 Å². The minimum absolute atomic E-state index is 0.603. The second kappa shape index (κ2) is 6.18. The van der Waals surface area contributed by atoms with Gasteiger partial charge in [0.1, 0.15) is 21.7 Å². The Bertz CT molecular complexity index is 590. The van der Waals surface area contributed by atoms with Crippen LogP contribution in [0.3, 0.4) is 0 Å². The molecule has 2 aromatic heterocycles. The lowest BCUT2D eigenvalue weighted by Crippen LogP contribution is -2.13. The molecule has 19 heavy (non-hydrogen) atoms. The number of aryl methyl sites for hydroxylation is 1.